The van der Waals surface area contributed by atoms with Gasteiger partial charge in [0.1, 0.15) is 0 Å². The topological polar surface area (TPSA) is 44.4 Å². The molecule has 4 nitrogen and oxygen atoms in total. The Morgan fingerprint density at radius 2 is 1.96 bits per heavy atom. The Balaban J connectivity index is 1.69. The van der Waals surface area contributed by atoms with Crippen LogP contribution in [0.4, 0.5) is 11.4 Å². The van der Waals surface area contributed by atoms with Crippen molar-refractivity contribution in [2.75, 3.05) is 30.3 Å². The van der Waals surface area contributed by atoms with Gasteiger partial charge in [0, 0.05) is 28.9 Å². The van der Waals surface area contributed by atoms with Gasteiger partial charge in [-0.3, -0.25) is 4.79 Å². The molecule has 2 heterocycles. The highest BCUT2D eigenvalue weighted by atomic mass is 35.5. The molecule has 2 aromatic rings. The molecule has 0 unspecified atom stereocenters. The van der Waals surface area contributed by atoms with Crippen molar-refractivity contribution < 1.29 is 4.79 Å². The van der Waals surface area contributed by atoms with Crippen LogP contribution >= 0.6 is 23.2 Å². The highest BCUT2D eigenvalue weighted by Crippen LogP contribution is 2.43. The summed E-state index contributed by atoms with van der Waals surface area (Å²) in [6.45, 7) is 9.95. The second-order valence-corrected chi connectivity index (χ2v) is 8.99. The lowest BCUT2D eigenvalue weighted by molar-refractivity contribution is -0.132. The first-order valence-electron chi connectivity index (χ1n) is 9.28. The third-order valence-corrected chi connectivity index (χ3v) is 6.55. The molecule has 0 radical (unpaired) electrons. The number of hydrogen-bond donors (Lipinski definition) is 2. The molecule has 0 atom stereocenters. The van der Waals surface area contributed by atoms with Crippen LogP contribution < -0.4 is 10.6 Å². The monoisotopic (exact) mass is 415 g/mol. The maximum atomic E-state index is 12.1. The summed E-state index contributed by atoms with van der Waals surface area (Å²) in [6.07, 6.45) is 1.34. The fraction of sp³-hybridized carbons (Fsp3) is 0.318. The van der Waals surface area contributed by atoms with Gasteiger partial charge in [-0.2, -0.15) is 0 Å². The number of rotatable bonds is 4. The van der Waals surface area contributed by atoms with Crippen LogP contribution in [0.15, 0.2) is 49.1 Å². The van der Waals surface area contributed by atoms with Crippen LogP contribution in [0.2, 0.25) is 10.0 Å². The SMILES string of the molecule is C=CC(=O)N1CC(Nc2ccc3c(c2)NCC3(C)C)(c2cccc(Cl)c2Cl)C1. The molecule has 2 aromatic carbocycles. The summed E-state index contributed by atoms with van der Waals surface area (Å²) in [4.78, 5) is 13.8. The van der Waals surface area contributed by atoms with Crippen molar-refractivity contribution in [1.29, 1.82) is 0 Å². The molecule has 146 valence electrons. The third kappa shape index (κ3) is 3.05. The van der Waals surface area contributed by atoms with Crippen molar-refractivity contribution in [2.24, 2.45) is 0 Å². The zero-order valence-corrected chi connectivity index (χ0v) is 17.5. The van der Waals surface area contributed by atoms with Crippen LogP contribution in [0.1, 0.15) is 25.0 Å². The molecule has 0 bridgehead atoms. The molecule has 0 aromatic heterocycles. The number of carbonyl (C=O) groups excluding carboxylic acids is 1. The van der Waals surface area contributed by atoms with E-state index >= 15 is 0 Å². The van der Waals surface area contributed by atoms with Gasteiger partial charge in [0.2, 0.25) is 5.91 Å². The fourth-order valence-electron chi connectivity index (χ4n) is 4.13. The lowest BCUT2D eigenvalue weighted by Crippen LogP contribution is -2.64. The van der Waals surface area contributed by atoms with Gasteiger partial charge >= 0.3 is 0 Å². The van der Waals surface area contributed by atoms with E-state index in [4.69, 9.17) is 23.2 Å². The predicted molar refractivity (Wildman–Crippen MR) is 116 cm³/mol. The second kappa shape index (κ2) is 6.71. The van der Waals surface area contributed by atoms with Gasteiger partial charge in [-0.25, -0.2) is 0 Å². The van der Waals surface area contributed by atoms with Crippen LogP contribution in [-0.2, 0) is 15.7 Å². The number of anilines is 2. The van der Waals surface area contributed by atoms with Gasteiger partial charge in [0.25, 0.3) is 0 Å². The maximum Gasteiger partial charge on any atom is 0.246 e. The zero-order valence-electron chi connectivity index (χ0n) is 16.0. The lowest BCUT2D eigenvalue weighted by atomic mass is 9.81. The number of amides is 1. The van der Waals surface area contributed by atoms with E-state index in [0.29, 0.717) is 23.1 Å². The Hall–Kier alpha value is -2.17. The molecule has 0 spiro atoms. The Morgan fingerprint density at radius 3 is 2.68 bits per heavy atom. The quantitative estimate of drug-likeness (QED) is 0.687. The minimum absolute atomic E-state index is 0.0899. The smallest absolute Gasteiger partial charge is 0.246 e. The van der Waals surface area contributed by atoms with Gasteiger partial charge in [-0.15, -0.1) is 0 Å². The summed E-state index contributed by atoms with van der Waals surface area (Å²) >= 11 is 12.8. The fourth-order valence-corrected chi connectivity index (χ4v) is 4.61. The normalized spacial score (nSPS) is 18.6. The summed E-state index contributed by atoms with van der Waals surface area (Å²) < 4.78 is 0. The number of benzene rings is 2. The van der Waals surface area contributed by atoms with E-state index in [0.717, 1.165) is 23.5 Å². The van der Waals surface area contributed by atoms with E-state index in [1.807, 2.05) is 12.1 Å². The Bertz CT molecular complexity index is 964. The number of carbonyl (C=O) groups is 1. The maximum absolute atomic E-state index is 12.1. The molecule has 4 rings (SSSR count). The molecule has 2 aliphatic rings. The van der Waals surface area contributed by atoms with Crippen LogP contribution in [0.3, 0.4) is 0 Å². The molecule has 28 heavy (non-hydrogen) atoms. The molecule has 0 saturated carbocycles. The Morgan fingerprint density at radius 1 is 1.21 bits per heavy atom. The number of nitrogens with one attached hydrogen (secondary N) is 2. The molecule has 1 amide bonds. The lowest BCUT2D eigenvalue weighted by Gasteiger charge is -2.51. The first kappa shape index (κ1) is 19.2. The molecule has 1 fully saturated rings. The minimum Gasteiger partial charge on any atom is -0.384 e. The van der Waals surface area contributed by atoms with E-state index in [-0.39, 0.29) is 11.3 Å². The zero-order chi connectivity index (χ0) is 20.1. The molecule has 1 saturated heterocycles. The molecule has 0 aliphatic carbocycles. The average Bonchev–Trinajstić information content (AvgIpc) is 2.94. The van der Waals surface area contributed by atoms with E-state index in [9.17, 15) is 4.79 Å². The van der Waals surface area contributed by atoms with Gasteiger partial charge in [0.15, 0.2) is 0 Å². The first-order valence-corrected chi connectivity index (χ1v) is 10.0. The van der Waals surface area contributed by atoms with Crippen molar-refractivity contribution in [1.82, 2.24) is 4.90 Å². The van der Waals surface area contributed by atoms with Crippen LogP contribution in [0.25, 0.3) is 0 Å². The Labute approximate surface area is 175 Å². The van der Waals surface area contributed by atoms with Crippen LogP contribution in [0, 0.1) is 0 Å². The standard InChI is InChI=1S/C22H23Cl2N3O/c1-4-19(28)27-12-22(13-27,16-6-5-7-17(23)20(16)24)26-14-8-9-15-18(10-14)25-11-21(15,2)3/h4-10,25-26H,1,11-13H2,2-3H3. The van der Waals surface area contributed by atoms with Gasteiger partial charge in [-0.1, -0.05) is 61.8 Å². The number of likely N-dealkylation sites (tertiary alicyclic amines) is 1. The highest BCUT2D eigenvalue weighted by Gasteiger charge is 2.47. The van der Waals surface area contributed by atoms with E-state index in [1.54, 1.807) is 11.0 Å². The molecule has 2 N–H and O–H groups in total. The number of hydrogen-bond acceptors (Lipinski definition) is 3. The largest absolute Gasteiger partial charge is 0.384 e. The van der Waals surface area contributed by atoms with Crippen LogP contribution in [0.5, 0.6) is 0 Å². The minimum atomic E-state index is -0.497. The highest BCUT2D eigenvalue weighted by molar-refractivity contribution is 6.42. The van der Waals surface area contributed by atoms with Crippen molar-refractivity contribution in [2.45, 2.75) is 24.8 Å². The van der Waals surface area contributed by atoms with E-state index < -0.39 is 5.54 Å². The molecule has 2 aliphatic heterocycles. The van der Waals surface area contributed by atoms with Crippen molar-refractivity contribution in [3.05, 3.63) is 70.2 Å². The van der Waals surface area contributed by atoms with Crippen molar-refractivity contribution in [3.63, 3.8) is 0 Å². The van der Waals surface area contributed by atoms with Gasteiger partial charge < -0.3 is 15.5 Å². The molecule has 6 heteroatoms. The molecular formula is C22H23Cl2N3O. The van der Waals surface area contributed by atoms with E-state index in [2.05, 4.69) is 49.3 Å². The summed E-state index contributed by atoms with van der Waals surface area (Å²) in [5, 5.41) is 8.14. The molecular weight excluding hydrogens is 393 g/mol. The summed E-state index contributed by atoms with van der Waals surface area (Å²) in [6, 6.07) is 12.0. The summed E-state index contributed by atoms with van der Waals surface area (Å²) in [5.74, 6) is -0.0899. The second-order valence-electron chi connectivity index (χ2n) is 8.20. The average molecular weight is 416 g/mol. The van der Waals surface area contributed by atoms with Crippen molar-refractivity contribution in [3.8, 4) is 0 Å². The number of fused-ring (bicyclic) bond motifs is 1. The van der Waals surface area contributed by atoms with Crippen LogP contribution in [-0.4, -0.2) is 30.4 Å². The predicted octanol–water partition coefficient (Wildman–Crippen LogP) is 5.03. The first-order chi connectivity index (χ1) is 13.3. The summed E-state index contributed by atoms with van der Waals surface area (Å²) in [7, 11) is 0. The Kier molecular flexibility index (Phi) is 4.59. The third-order valence-electron chi connectivity index (χ3n) is 5.73. The summed E-state index contributed by atoms with van der Waals surface area (Å²) in [5.41, 5.74) is 3.94. The van der Waals surface area contributed by atoms with Crippen molar-refractivity contribution >= 4 is 40.5 Å². The number of nitrogens with zero attached hydrogens (tertiary/aromatic N) is 1. The van der Waals surface area contributed by atoms with Gasteiger partial charge in [0.05, 0.1) is 28.7 Å². The van der Waals surface area contributed by atoms with E-state index in [1.165, 1.54) is 11.6 Å². The van der Waals surface area contributed by atoms with Gasteiger partial charge in [-0.05, 0) is 29.8 Å². The number of halogens is 2.